The van der Waals surface area contributed by atoms with E-state index in [-0.39, 0.29) is 0 Å². The van der Waals surface area contributed by atoms with Crippen molar-refractivity contribution in [3.05, 3.63) is 154 Å². The van der Waals surface area contributed by atoms with Crippen LogP contribution in [0.15, 0.2) is 141 Å². The zero-order valence-corrected chi connectivity index (χ0v) is 22.9. The van der Waals surface area contributed by atoms with Gasteiger partial charge in [0.1, 0.15) is 22.3 Å². The van der Waals surface area contributed by atoms with E-state index in [1.807, 2.05) is 18.2 Å². The normalized spacial score (nSPS) is 13.8. The molecule has 2 aromatic heterocycles. The minimum absolute atomic E-state index is 0.546. The third kappa shape index (κ3) is 2.68. The summed E-state index contributed by atoms with van der Waals surface area (Å²) in [5.41, 5.74) is 10.2. The second-order valence-corrected chi connectivity index (χ2v) is 11.4. The lowest BCUT2D eigenvalue weighted by atomic mass is 9.67. The molecule has 0 unspecified atom stereocenters. The van der Waals surface area contributed by atoms with Crippen molar-refractivity contribution in [1.82, 2.24) is 0 Å². The van der Waals surface area contributed by atoms with Crippen molar-refractivity contribution in [3.63, 3.8) is 0 Å². The number of hydrogen-bond acceptors (Lipinski definition) is 2. The number of fused-ring (bicyclic) bond motifs is 11. The molecule has 0 aliphatic heterocycles. The minimum Gasteiger partial charge on any atom is -0.455 e. The molecule has 0 amide bonds. The minimum atomic E-state index is -0.546. The Labute approximate surface area is 238 Å². The zero-order valence-electron chi connectivity index (χ0n) is 21.3. The van der Waals surface area contributed by atoms with E-state index in [1.165, 1.54) is 27.8 Å². The average Bonchev–Trinajstić information content (AvgIpc) is 3.67. The Kier molecular flexibility index (Phi) is 4.43. The molecule has 40 heavy (non-hydrogen) atoms. The number of benzene rings is 6. The lowest BCUT2D eigenvalue weighted by Crippen LogP contribution is -2.28. The summed E-state index contributed by atoms with van der Waals surface area (Å²) in [5.74, 6) is 0. The quantitative estimate of drug-likeness (QED) is 0.204. The Balaban J connectivity index is 1.59. The molecule has 9 rings (SSSR count). The fourth-order valence-corrected chi connectivity index (χ4v) is 7.58. The first kappa shape index (κ1) is 22.2. The highest BCUT2D eigenvalue weighted by Crippen LogP contribution is 2.61. The van der Waals surface area contributed by atoms with E-state index in [1.54, 1.807) is 0 Å². The van der Waals surface area contributed by atoms with Crippen LogP contribution < -0.4 is 0 Å². The topological polar surface area (TPSA) is 26.3 Å². The first-order valence-corrected chi connectivity index (χ1v) is 14.3. The summed E-state index contributed by atoms with van der Waals surface area (Å²) >= 11 is 3.93. The van der Waals surface area contributed by atoms with Gasteiger partial charge < -0.3 is 8.83 Å². The smallest absolute Gasteiger partial charge is 0.150 e. The summed E-state index contributed by atoms with van der Waals surface area (Å²) in [6.45, 7) is 0. The van der Waals surface area contributed by atoms with Crippen molar-refractivity contribution in [2.45, 2.75) is 5.41 Å². The second-order valence-electron chi connectivity index (χ2n) is 10.5. The van der Waals surface area contributed by atoms with E-state index in [0.717, 1.165) is 53.9 Å². The maximum Gasteiger partial charge on any atom is 0.150 e. The Morgan fingerprint density at radius 2 is 1.05 bits per heavy atom. The zero-order chi connectivity index (χ0) is 26.4. The van der Waals surface area contributed by atoms with Crippen LogP contribution in [0.2, 0.25) is 0 Å². The average molecular weight is 577 g/mol. The van der Waals surface area contributed by atoms with Gasteiger partial charge in [0.15, 0.2) is 0 Å². The number of hydrogen-bond donors (Lipinski definition) is 0. The highest BCUT2D eigenvalue weighted by atomic mass is 79.9. The predicted octanol–water partition coefficient (Wildman–Crippen LogP) is 10.6. The highest BCUT2D eigenvalue weighted by Gasteiger charge is 2.49. The standard InChI is InChI=1S/C37H21BrO2/c38-29-21-28-33(32-26-16-8-10-18-31(26)40-36(29)32)34-27(20-19-25-24-15-7-9-17-30(24)39-35(25)34)37(28,22-11-3-1-4-12-22)23-13-5-2-6-14-23/h1-21H. The summed E-state index contributed by atoms with van der Waals surface area (Å²) in [6, 6.07) is 45.2. The molecule has 0 bridgehead atoms. The fourth-order valence-electron chi connectivity index (χ4n) is 7.08. The molecule has 6 aromatic carbocycles. The Morgan fingerprint density at radius 3 is 1.75 bits per heavy atom. The van der Waals surface area contributed by atoms with Gasteiger partial charge in [-0.1, -0.05) is 109 Å². The van der Waals surface area contributed by atoms with Crippen LogP contribution in [-0.4, -0.2) is 0 Å². The highest BCUT2D eigenvalue weighted by molar-refractivity contribution is 9.10. The van der Waals surface area contributed by atoms with Crippen LogP contribution in [0.3, 0.4) is 0 Å². The van der Waals surface area contributed by atoms with Crippen molar-refractivity contribution in [2.24, 2.45) is 0 Å². The molecule has 0 spiro atoms. The van der Waals surface area contributed by atoms with Crippen LogP contribution in [0.1, 0.15) is 22.3 Å². The largest absolute Gasteiger partial charge is 0.455 e. The molecule has 1 aliphatic carbocycles. The molecule has 0 saturated carbocycles. The lowest BCUT2D eigenvalue weighted by Gasteiger charge is -2.34. The molecule has 8 aromatic rings. The van der Waals surface area contributed by atoms with E-state index in [9.17, 15) is 0 Å². The van der Waals surface area contributed by atoms with E-state index in [2.05, 4.69) is 125 Å². The Hall–Kier alpha value is -4.60. The van der Waals surface area contributed by atoms with Crippen LogP contribution in [-0.2, 0) is 5.41 Å². The third-order valence-corrected chi connectivity index (χ3v) is 9.21. The van der Waals surface area contributed by atoms with E-state index >= 15 is 0 Å². The van der Waals surface area contributed by atoms with Gasteiger partial charge in [-0.05, 0) is 56.4 Å². The van der Waals surface area contributed by atoms with Gasteiger partial charge in [0.2, 0.25) is 0 Å². The van der Waals surface area contributed by atoms with E-state index in [4.69, 9.17) is 8.83 Å². The van der Waals surface area contributed by atoms with Crippen molar-refractivity contribution < 1.29 is 8.83 Å². The molecule has 188 valence electrons. The van der Waals surface area contributed by atoms with Gasteiger partial charge >= 0.3 is 0 Å². The maximum atomic E-state index is 6.74. The summed E-state index contributed by atoms with van der Waals surface area (Å²) < 4.78 is 14.2. The second kappa shape index (κ2) is 7.97. The molecular formula is C37H21BrO2. The number of furan rings is 2. The molecule has 1 aliphatic rings. The van der Waals surface area contributed by atoms with Gasteiger partial charge in [-0.3, -0.25) is 0 Å². The van der Waals surface area contributed by atoms with Gasteiger partial charge in [0.25, 0.3) is 0 Å². The molecule has 0 saturated heterocycles. The van der Waals surface area contributed by atoms with Gasteiger partial charge in [-0.2, -0.15) is 0 Å². The number of para-hydroxylation sites is 2. The molecule has 0 fully saturated rings. The number of halogens is 1. The SMILES string of the molecule is Brc1cc2c(c3c1oc1ccccc13)-c1c(ccc3c1oc1ccccc13)C2(c1ccccc1)c1ccccc1. The molecule has 0 radical (unpaired) electrons. The molecule has 2 nitrogen and oxygen atoms in total. The first-order valence-electron chi connectivity index (χ1n) is 13.5. The van der Waals surface area contributed by atoms with Gasteiger partial charge in [-0.15, -0.1) is 0 Å². The summed E-state index contributed by atoms with van der Waals surface area (Å²) in [4.78, 5) is 0. The van der Waals surface area contributed by atoms with Gasteiger partial charge in [0.05, 0.1) is 9.89 Å². The monoisotopic (exact) mass is 576 g/mol. The van der Waals surface area contributed by atoms with Crippen LogP contribution in [0.4, 0.5) is 0 Å². The van der Waals surface area contributed by atoms with E-state index < -0.39 is 5.41 Å². The van der Waals surface area contributed by atoms with Crippen LogP contribution in [0.5, 0.6) is 0 Å². The van der Waals surface area contributed by atoms with Gasteiger partial charge in [0, 0.05) is 32.7 Å². The van der Waals surface area contributed by atoms with Gasteiger partial charge in [-0.25, -0.2) is 0 Å². The molecule has 0 N–H and O–H groups in total. The van der Waals surface area contributed by atoms with Crippen molar-refractivity contribution >= 4 is 59.8 Å². The van der Waals surface area contributed by atoms with Crippen LogP contribution >= 0.6 is 15.9 Å². The molecular weight excluding hydrogens is 556 g/mol. The first-order chi connectivity index (χ1) is 19.8. The Bertz CT molecular complexity index is 2230. The summed E-state index contributed by atoms with van der Waals surface area (Å²) in [7, 11) is 0. The molecule has 3 heteroatoms. The summed E-state index contributed by atoms with van der Waals surface area (Å²) in [5, 5.41) is 4.47. The maximum absolute atomic E-state index is 6.74. The van der Waals surface area contributed by atoms with E-state index in [0.29, 0.717) is 0 Å². The van der Waals surface area contributed by atoms with Crippen LogP contribution in [0.25, 0.3) is 55.0 Å². The van der Waals surface area contributed by atoms with Crippen LogP contribution in [0, 0.1) is 0 Å². The Morgan fingerprint density at radius 1 is 0.475 bits per heavy atom. The molecule has 2 heterocycles. The lowest BCUT2D eigenvalue weighted by molar-refractivity contribution is 0.666. The summed E-state index contributed by atoms with van der Waals surface area (Å²) in [6.07, 6.45) is 0. The predicted molar refractivity (Wildman–Crippen MR) is 166 cm³/mol. The third-order valence-electron chi connectivity index (χ3n) is 8.62. The number of rotatable bonds is 2. The fraction of sp³-hybridized carbons (Fsp3) is 0.0270. The molecule has 0 atom stereocenters. The van der Waals surface area contributed by atoms with Crippen molar-refractivity contribution in [3.8, 4) is 11.1 Å². The van der Waals surface area contributed by atoms with Crippen molar-refractivity contribution in [1.29, 1.82) is 0 Å². The van der Waals surface area contributed by atoms with Crippen molar-refractivity contribution in [2.75, 3.05) is 0 Å².